The molecule has 0 aromatic rings. The van der Waals surface area contributed by atoms with Crippen molar-refractivity contribution in [3.8, 4) is 0 Å². The summed E-state index contributed by atoms with van der Waals surface area (Å²) in [5.41, 5.74) is 0. The molecular formula is C9H18O2Y-2. The second-order valence-electron chi connectivity index (χ2n) is 2.44. The summed E-state index contributed by atoms with van der Waals surface area (Å²) in [6.45, 7) is 10.6. The van der Waals surface area contributed by atoms with Crippen molar-refractivity contribution in [2.75, 3.05) is 0 Å². The van der Waals surface area contributed by atoms with Gasteiger partial charge in [-0.1, -0.05) is 13.7 Å². The van der Waals surface area contributed by atoms with E-state index in [4.69, 9.17) is 9.47 Å². The Balaban J connectivity index is 0. The van der Waals surface area contributed by atoms with Gasteiger partial charge in [0.05, 0.1) is 0 Å². The van der Waals surface area contributed by atoms with Crippen molar-refractivity contribution in [2.24, 2.45) is 0 Å². The molecule has 0 amide bonds. The summed E-state index contributed by atoms with van der Waals surface area (Å²) in [6.07, 6.45) is 2.81. The number of hydrogen-bond acceptors (Lipinski definition) is 2. The van der Waals surface area contributed by atoms with Crippen LogP contribution in [0.5, 0.6) is 0 Å². The van der Waals surface area contributed by atoms with E-state index < -0.39 is 0 Å². The van der Waals surface area contributed by atoms with Gasteiger partial charge in [0, 0.05) is 44.9 Å². The van der Waals surface area contributed by atoms with Crippen LogP contribution in [0.25, 0.3) is 0 Å². The molecule has 1 saturated heterocycles. The molecule has 71 valence electrons. The van der Waals surface area contributed by atoms with Gasteiger partial charge in [0.15, 0.2) is 0 Å². The maximum atomic E-state index is 5.15. The van der Waals surface area contributed by atoms with Crippen molar-refractivity contribution in [3.05, 3.63) is 13.7 Å². The van der Waals surface area contributed by atoms with Crippen LogP contribution < -0.4 is 0 Å². The second kappa shape index (κ2) is 10.1. The maximum absolute atomic E-state index is 5.15. The van der Waals surface area contributed by atoms with Crippen molar-refractivity contribution >= 4 is 0 Å². The Labute approximate surface area is 101 Å². The van der Waals surface area contributed by atoms with E-state index in [2.05, 4.69) is 20.8 Å². The molecular weight excluding hydrogens is 229 g/mol. The van der Waals surface area contributed by atoms with Gasteiger partial charge in [-0.2, -0.15) is 6.92 Å². The molecule has 0 aromatic carbocycles. The summed E-state index contributed by atoms with van der Waals surface area (Å²) in [6, 6.07) is 0. The van der Waals surface area contributed by atoms with Crippen LogP contribution in [0.3, 0.4) is 0 Å². The summed E-state index contributed by atoms with van der Waals surface area (Å²) in [5, 5.41) is 0. The molecule has 2 nitrogen and oxygen atoms in total. The smallest absolute Gasteiger partial charge is 0.0270 e. The molecule has 0 aliphatic carbocycles. The topological polar surface area (TPSA) is 18.5 Å². The molecule has 0 aromatic heterocycles. The summed E-state index contributed by atoms with van der Waals surface area (Å²) in [4.78, 5) is 0. The molecule has 1 fully saturated rings. The van der Waals surface area contributed by atoms with E-state index in [1.807, 2.05) is 0 Å². The molecule has 3 heteroatoms. The minimum absolute atomic E-state index is 0. The number of rotatable bonds is 1. The van der Waals surface area contributed by atoms with Gasteiger partial charge >= 0.3 is 0 Å². The predicted molar refractivity (Wildman–Crippen MR) is 45.7 cm³/mol. The fraction of sp³-hybridized carbons (Fsp3) is 0.778. The molecule has 1 aliphatic heterocycles. The van der Waals surface area contributed by atoms with Crippen LogP contribution in [0.2, 0.25) is 0 Å². The molecule has 0 N–H and O–H groups in total. The molecule has 1 radical (unpaired) electrons. The van der Waals surface area contributed by atoms with Gasteiger partial charge in [-0.15, -0.1) is 0 Å². The third-order valence-electron chi connectivity index (χ3n) is 1.59. The zero-order chi connectivity index (χ0) is 8.69. The van der Waals surface area contributed by atoms with Gasteiger partial charge in [0.1, 0.15) is 0 Å². The zero-order valence-electron chi connectivity index (χ0n) is 8.25. The summed E-state index contributed by atoms with van der Waals surface area (Å²) in [5.74, 6) is 0. The largest absolute Gasteiger partial charge is 0.523 e. The van der Waals surface area contributed by atoms with Crippen LogP contribution in [0.15, 0.2) is 0 Å². The first-order valence-electron chi connectivity index (χ1n) is 4.16. The van der Waals surface area contributed by atoms with Crippen molar-refractivity contribution in [3.63, 3.8) is 0 Å². The first-order valence-corrected chi connectivity index (χ1v) is 4.16. The second-order valence-corrected chi connectivity index (χ2v) is 2.44. The van der Waals surface area contributed by atoms with Crippen molar-refractivity contribution in [1.29, 1.82) is 0 Å². The minimum atomic E-state index is 0. The Morgan fingerprint density at radius 2 is 2.00 bits per heavy atom. The Morgan fingerprint density at radius 3 is 2.33 bits per heavy atom. The van der Waals surface area contributed by atoms with Crippen molar-refractivity contribution in [1.82, 2.24) is 0 Å². The monoisotopic (exact) mass is 247 g/mol. The van der Waals surface area contributed by atoms with Crippen LogP contribution in [0, 0.1) is 13.7 Å². The average molecular weight is 247 g/mol. The standard InChI is InChI=1S/C7H13O2.C2H5.Y/c1-3-7-4-6(2)8-5-9-7;1-2;/h5-7H,3-4H2,1-2H3;1H2,2H3;/q2*-1;. The average Bonchev–Trinajstić information content (AvgIpc) is 2.08. The van der Waals surface area contributed by atoms with Crippen LogP contribution in [-0.4, -0.2) is 12.2 Å². The van der Waals surface area contributed by atoms with Crippen LogP contribution in [0.1, 0.15) is 33.6 Å². The van der Waals surface area contributed by atoms with E-state index in [0.29, 0.717) is 12.2 Å². The molecule has 1 rings (SSSR count). The molecule has 0 spiro atoms. The molecule has 1 aliphatic rings. The summed E-state index contributed by atoms with van der Waals surface area (Å²) in [7, 11) is 0. The molecule has 0 bridgehead atoms. The first kappa shape index (κ1) is 15.5. The molecule has 2 unspecified atom stereocenters. The Bertz CT molecular complexity index is 88.6. The fourth-order valence-corrected chi connectivity index (χ4v) is 0.950. The van der Waals surface area contributed by atoms with E-state index in [9.17, 15) is 0 Å². The predicted octanol–water partition coefficient (Wildman–Crippen LogP) is 2.55. The third-order valence-corrected chi connectivity index (χ3v) is 1.59. The van der Waals surface area contributed by atoms with Crippen molar-refractivity contribution < 1.29 is 42.2 Å². The van der Waals surface area contributed by atoms with Gasteiger partial charge in [0.2, 0.25) is 0 Å². The quantitative estimate of drug-likeness (QED) is 0.663. The summed E-state index contributed by atoms with van der Waals surface area (Å²) >= 11 is 0. The van der Waals surface area contributed by atoms with E-state index in [1.54, 1.807) is 6.92 Å². The maximum Gasteiger partial charge on any atom is 0.0270 e. The molecule has 1 heterocycles. The van der Waals surface area contributed by atoms with E-state index in [1.165, 1.54) is 6.79 Å². The Hall–Kier alpha value is 1.02. The van der Waals surface area contributed by atoms with Gasteiger partial charge < -0.3 is 16.4 Å². The SMILES string of the molecule is CCC1CC(C)O[CH-]O1.[CH2-]C.[Y]. The van der Waals surface area contributed by atoms with Gasteiger partial charge in [-0.3, -0.25) is 0 Å². The van der Waals surface area contributed by atoms with Gasteiger partial charge in [-0.25, -0.2) is 0 Å². The molecule has 2 atom stereocenters. The Morgan fingerprint density at radius 1 is 1.42 bits per heavy atom. The number of hydrogen-bond donors (Lipinski definition) is 0. The van der Waals surface area contributed by atoms with Crippen LogP contribution >= 0.6 is 0 Å². The molecule has 0 saturated carbocycles. The van der Waals surface area contributed by atoms with Crippen molar-refractivity contribution in [2.45, 2.75) is 45.8 Å². The van der Waals surface area contributed by atoms with Gasteiger partial charge in [0.25, 0.3) is 0 Å². The van der Waals surface area contributed by atoms with Gasteiger partial charge in [-0.05, 0) is 19.8 Å². The first-order chi connectivity index (χ1) is 5.33. The van der Waals surface area contributed by atoms with E-state index >= 15 is 0 Å². The van der Waals surface area contributed by atoms with Crippen LogP contribution in [-0.2, 0) is 42.2 Å². The summed E-state index contributed by atoms with van der Waals surface area (Å²) < 4.78 is 10.2. The fourth-order valence-electron chi connectivity index (χ4n) is 0.950. The zero-order valence-corrected chi connectivity index (χ0v) is 11.1. The van der Waals surface area contributed by atoms with E-state index in [0.717, 1.165) is 12.8 Å². The Kier molecular flexibility index (Phi) is 13.0. The number of ether oxygens (including phenoxy) is 2. The van der Waals surface area contributed by atoms with E-state index in [-0.39, 0.29) is 32.7 Å². The van der Waals surface area contributed by atoms with Crippen LogP contribution in [0.4, 0.5) is 0 Å². The normalized spacial score (nSPS) is 28.0. The minimum Gasteiger partial charge on any atom is -0.523 e. The third kappa shape index (κ3) is 6.53. The molecule has 12 heavy (non-hydrogen) atoms.